The van der Waals surface area contributed by atoms with E-state index in [1.807, 2.05) is 6.92 Å². The first-order chi connectivity index (χ1) is 14.8. The van der Waals surface area contributed by atoms with E-state index in [0.717, 1.165) is 51.4 Å². The predicted octanol–water partition coefficient (Wildman–Crippen LogP) is 4.32. The highest BCUT2D eigenvalue weighted by molar-refractivity contribution is 5.68. The fraction of sp³-hybridized carbons (Fsp3) is 0.750. The van der Waals surface area contributed by atoms with Gasteiger partial charge in [0.2, 0.25) is 5.88 Å². The molecule has 0 saturated heterocycles. The van der Waals surface area contributed by atoms with Crippen LogP contribution in [0, 0.1) is 0 Å². The van der Waals surface area contributed by atoms with Gasteiger partial charge in [-0.05, 0) is 39.0 Å². The third kappa shape index (κ3) is 9.33. The smallest absolute Gasteiger partial charge is 0.331 e. The number of carbonyl (C=O) groups is 1. The SMILES string of the molecule is C=CCn1c(O)c(CCCCCCC(=O)OC)n(CCC(C)(O)CCCCCC)c1=O. The Bertz CT molecular complexity index is 733. The molecule has 1 aromatic rings. The molecule has 0 aliphatic carbocycles. The zero-order chi connectivity index (χ0) is 23.3. The normalized spacial score (nSPS) is 13.2. The highest BCUT2D eigenvalue weighted by Gasteiger charge is 2.23. The first-order valence-corrected chi connectivity index (χ1v) is 11.7. The predicted molar refractivity (Wildman–Crippen MR) is 123 cm³/mol. The van der Waals surface area contributed by atoms with Gasteiger partial charge in [0.15, 0.2) is 0 Å². The molecule has 0 aromatic carbocycles. The molecule has 1 atom stereocenters. The van der Waals surface area contributed by atoms with Crippen molar-refractivity contribution >= 4 is 5.97 Å². The molecule has 0 saturated carbocycles. The first kappa shape index (κ1) is 27.0. The van der Waals surface area contributed by atoms with Gasteiger partial charge in [-0.15, -0.1) is 6.58 Å². The third-order valence-corrected chi connectivity index (χ3v) is 5.83. The van der Waals surface area contributed by atoms with Crippen molar-refractivity contribution in [3.63, 3.8) is 0 Å². The van der Waals surface area contributed by atoms with Crippen molar-refractivity contribution in [1.29, 1.82) is 0 Å². The van der Waals surface area contributed by atoms with Crippen LogP contribution >= 0.6 is 0 Å². The molecule has 1 aromatic heterocycles. The second kappa shape index (κ2) is 14.1. The highest BCUT2D eigenvalue weighted by atomic mass is 16.5. The van der Waals surface area contributed by atoms with Crippen molar-refractivity contribution in [2.24, 2.45) is 0 Å². The zero-order valence-corrected chi connectivity index (χ0v) is 19.7. The lowest BCUT2D eigenvalue weighted by Crippen LogP contribution is -2.31. The van der Waals surface area contributed by atoms with E-state index in [2.05, 4.69) is 18.2 Å². The third-order valence-electron chi connectivity index (χ3n) is 5.83. The Morgan fingerprint density at radius 2 is 1.77 bits per heavy atom. The van der Waals surface area contributed by atoms with Gasteiger partial charge in [-0.1, -0.05) is 51.5 Å². The van der Waals surface area contributed by atoms with Gasteiger partial charge >= 0.3 is 11.7 Å². The summed E-state index contributed by atoms with van der Waals surface area (Å²) >= 11 is 0. The lowest BCUT2D eigenvalue weighted by atomic mass is 9.94. The number of rotatable bonds is 17. The Hall–Kier alpha value is -2.02. The number of methoxy groups -OCH3 is 1. The number of aliphatic hydroxyl groups is 1. The van der Waals surface area contributed by atoms with Crippen molar-refractivity contribution in [1.82, 2.24) is 9.13 Å². The molecule has 0 fully saturated rings. The fourth-order valence-corrected chi connectivity index (χ4v) is 3.83. The topological polar surface area (TPSA) is 93.7 Å². The minimum atomic E-state index is -0.839. The largest absolute Gasteiger partial charge is 0.493 e. The van der Waals surface area contributed by atoms with Crippen molar-refractivity contribution in [3.05, 3.63) is 28.8 Å². The molecular formula is C24H42N2O5. The van der Waals surface area contributed by atoms with E-state index >= 15 is 0 Å². The monoisotopic (exact) mass is 438 g/mol. The Kier molecular flexibility index (Phi) is 12.3. The summed E-state index contributed by atoms with van der Waals surface area (Å²) in [6.45, 7) is 8.27. The molecule has 0 radical (unpaired) electrons. The summed E-state index contributed by atoms with van der Waals surface area (Å²) < 4.78 is 7.58. The van der Waals surface area contributed by atoms with E-state index in [0.29, 0.717) is 37.9 Å². The van der Waals surface area contributed by atoms with Crippen LogP contribution in [0.2, 0.25) is 0 Å². The summed E-state index contributed by atoms with van der Waals surface area (Å²) in [5.41, 5.74) is -0.490. The van der Waals surface area contributed by atoms with E-state index in [-0.39, 0.29) is 24.1 Å². The molecule has 0 aliphatic rings. The molecule has 1 heterocycles. The Morgan fingerprint density at radius 3 is 2.42 bits per heavy atom. The molecule has 178 valence electrons. The lowest BCUT2D eigenvalue weighted by Gasteiger charge is -2.23. The van der Waals surface area contributed by atoms with E-state index in [1.54, 1.807) is 10.6 Å². The number of carbonyl (C=O) groups excluding carboxylic acids is 1. The number of hydrogen-bond acceptors (Lipinski definition) is 5. The fourth-order valence-electron chi connectivity index (χ4n) is 3.83. The summed E-state index contributed by atoms with van der Waals surface area (Å²) in [5.74, 6) is -0.211. The second-order valence-electron chi connectivity index (χ2n) is 8.65. The molecule has 1 rings (SSSR count). The van der Waals surface area contributed by atoms with Crippen molar-refractivity contribution in [2.45, 2.75) is 110 Å². The molecule has 7 nitrogen and oxygen atoms in total. The maximum absolute atomic E-state index is 12.8. The van der Waals surface area contributed by atoms with Crippen LogP contribution in [0.1, 0.15) is 90.2 Å². The molecule has 2 N–H and O–H groups in total. The lowest BCUT2D eigenvalue weighted by molar-refractivity contribution is -0.140. The average Bonchev–Trinajstić information content (AvgIpc) is 2.96. The van der Waals surface area contributed by atoms with Crippen molar-refractivity contribution in [2.75, 3.05) is 7.11 Å². The number of allylic oxidation sites excluding steroid dienone is 1. The molecule has 1 unspecified atom stereocenters. The molecular weight excluding hydrogens is 396 g/mol. The summed E-state index contributed by atoms with van der Waals surface area (Å²) in [5, 5.41) is 21.4. The number of aromatic hydroxyl groups is 1. The average molecular weight is 439 g/mol. The molecule has 0 bridgehead atoms. The van der Waals surface area contributed by atoms with Crippen molar-refractivity contribution in [3.8, 4) is 5.88 Å². The second-order valence-corrected chi connectivity index (χ2v) is 8.65. The molecule has 7 heteroatoms. The summed E-state index contributed by atoms with van der Waals surface area (Å²) in [6, 6.07) is 0. The van der Waals surface area contributed by atoms with Gasteiger partial charge in [-0.2, -0.15) is 0 Å². The van der Waals surface area contributed by atoms with Gasteiger partial charge in [0.1, 0.15) is 0 Å². The number of nitrogens with zero attached hydrogens (tertiary/aromatic N) is 2. The number of hydrogen-bond donors (Lipinski definition) is 2. The molecule has 0 amide bonds. The Labute approximate surface area is 186 Å². The van der Waals surface area contributed by atoms with Crippen LogP contribution in [0.25, 0.3) is 0 Å². The Balaban J connectivity index is 2.74. The van der Waals surface area contributed by atoms with Crippen LogP contribution < -0.4 is 5.69 Å². The van der Waals surface area contributed by atoms with Crippen LogP contribution in [0.5, 0.6) is 5.88 Å². The van der Waals surface area contributed by atoms with E-state index in [4.69, 9.17) is 0 Å². The summed E-state index contributed by atoms with van der Waals surface area (Å²) in [6.07, 6.45) is 11.5. The van der Waals surface area contributed by atoms with Crippen molar-refractivity contribution < 1.29 is 19.7 Å². The van der Waals surface area contributed by atoms with Gasteiger partial charge in [-0.3, -0.25) is 13.9 Å². The number of aromatic nitrogens is 2. The maximum Gasteiger partial charge on any atom is 0.331 e. The van der Waals surface area contributed by atoms with E-state index in [1.165, 1.54) is 11.7 Å². The van der Waals surface area contributed by atoms with Gasteiger partial charge in [0.25, 0.3) is 0 Å². The minimum absolute atomic E-state index is 0.0120. The number of unbranched alkanes of at least 4 members (excludes halogenated alkanes) is 6. The van der Waals surface area contributed by atoms with Gasteiger partial charge in [0, 0.05) is 19.5 Å². The first-order valence-electron chi connectivity index (χ1n) is 11.7. The van der Waals surface area contributed by atoms with Crippen LogP contribution in [-0.4, -0.2) is 38.0 Å². The Morgan fingerprint density at radius 1 is 1.10 bits per heavy atom. The summed E-state index contributed by atoms with van der Waals surface area (Å²) in [4.78, 5) is 24.0. The molecule has 0 aliphatic heterocycles. The molecule has 31 heavy (non-hydrogen) atoms. The molecule has 0 spiro atoms. The number of esters is 1. The summed E-state index contributed by atoms with van der Waals surface area (Å²) in [7, 11) is 1.39. The standard InChI is InChI=1S/C24H42N2O5/c1-5-7-8-13-16-24(3,30)17-19-25-20(22(28)26(18-6-2)23(25)29)14-11-9-10-12-15-21(27)31-4/h6,28,30H,2,5,7-19H2,1,3-4H3. The van der Waals surface area contributed by atoms with E-state index < -0.39 is 5.60 Å². The van der Waals surface area contributed by atoms with Crippen LogP contribution in [0.3, 0.4) is 0 Å². The van der Waals surface area contributed by atoms with Gasteiger partial charge < -0.3 is 14.9 Å². The quantitative estimate of drug-likeness (QED) is 0.215. The zero-order valence-electron chi connectivity index (χ0n) is 19.7. The maximum atomic E-state index is 12.8. The number of imidazole rings is 1. The van der Waals surface area contributed by atoms with Gasteiger partial charge in [0.05, 0.1) is 18.4 Å². The number of ether oxygens (including phenoxy) is 1. The van der Waals surface area contributed by atoms with E-state index in [9.17, 15) is 19.8 Å². The van der Waals surface area contributed by atoms with Crippen LogP contribution in [0.15, 0.2) is 17.4 Å². The minimum Gasteiger partial charge on any atom is -0.493 e. The van der Waals surface area contributed by atoms with Gasteiger partial charge in [-0.25, -0.2) is 4.79 Å². The van der Waals surface area contributed by atoms with Crippen LogP contribution in [0.4, 0.5) is 0 Å². The highest BCUT2D eigenvalue weighted by Crippen LogP contribution is 2.23. The van der Waals surface area contributed by atoms with Crippen LogP contribution in [-0.2, 0) is 29.0 Å².